The normalized spacial score (nSPS) is 13.4. The molecule has 4 aromatic rings. The van der Waals surface area contributed by atoms with Gasteiger partial charge in [-0.05, 0) is 74.1 Å². The highest BCUT2D eigenvalue weighted by Gasteiger charge is 2.22. The molecule has 0 atom stereocenters. The van der Waals surface area contributed by atoms with Gasteiger partial charge in [-0.15, -0.1) is 11.3 Å². The first kappa shape index (κ1) is 21.6. The van der Waals surface area contributed by atoms with E-state index in [-0.39, 0.29) is 11.5 Å². The molecule has 0 unspecified atom stereocenters. The van der Waals surface area contributed by atoms with Gasteiger partial charge in [0.25, 0.3) is 11.5 Å². The second-order valence-electron chi connectivity index (χ2n) is 8.00. The number of hydrazone groups is 1. The smallest absolute Gasteiger partial charge is 0.268 e. The molecule has 2 aromatic heterocycles. The highest BCUT2D eigenvalue weighted by molar-refractivity contribution is 7.18. The molecule has 33 heavy (non-hydrogen) atoms. The van der Waals surface area contributed by atoms with Crippen LogP contribution in [-0.2, 0) is 12.8 Å². The monoisotopic (exact) mass is 476 g/mol. The number of carbonyl (C=O) groups is 1. The largest absolute Gasteiger partial charge is 0.271 e. The van der Waals surface area contributed by atoms with Gasteiger partial charge in [0, 0.05) is 15.5 Å². The van der Waals surface area contributed by atoms with Gasteiger partial charge in [0.1, 0.15) is 10.7 Å². The molecular weight excluding hydrogens is 456 g/mol. The number of aryl methyl sites for hydroxylation is 3. The molecule has 2 aromatic carbocycles. The molecule has 0 bridgehead atoms. The van der Waals surface area contributed by atoms with E-state index in [1.807, 2.05) is 25.1 Å². The number of rotatable bonds is 4. The molecular formula is C25H21ClN4O2S. The van der Waals surface area contributed by atoms with Crippen molar-refractivity contribution in [2.24, 2.45) is 5.10 Å². The third-order valence-electron chi connectivity index (χ3n) is 5.75. The van der Waals surface area contributed by atoms with Crippen LogP contribution in [0.3, 0.4) is 0 Å². The van der Waals surface area contributed by atoms with Gasteiger partial charge in [-0.25, -0.2) is 10.4 Å². The predicted molar refractivity (Wildman–Crippen MR) is 133 cm³/mol. The molecule has 166 valence electrons. The predicted octanol–water partition coefficient (Wildman–Crippen LogP) is 5.05. The minimum atomic E-state index is -0.372. The molecule has 0 spiro atoms. The summed E-state index contributed by atoms with van der Waals surface area (Å²) in [4.78, 5) is 33.0. The SMILES string of the molecule is Cc1nc2sc3c(c2c(=O)n1-c1cccc(C(=O)N/N=C/c2cccc(Cl)c2)c1)CCCC3. The number of amides is 1. The molecule has 8 heteroatoms. The standard InChI is InChI=1S/C25H21ClN4O2S/c1-15-28-24-22(20-10-2-3-11-21(20)33-24)25(32)30(15)19-9-5-7-17(13-19)23(31)29-27-14-16-6-4-8-18(26)12-16/h4-9,12-14H,2-3,10-11H2,1H3,(H,29,31)/b27-14+. The summed E-state index contributed by atoms with van der Waals surface area (Å²) >= 11 is 7.61. The van der Waals surface area contributed by atoms with Crippen molar-refractivity contribution >= 4 is 45.3 Å². The number of hydrogen-bond acceptors (Lipinski definition) is 5. The van der Waals surface area contributed by atoms with E-state index in [2.05, 4.69) is 10.5 Å². The third-order valence-corrected chi connectivity index (χ3v) is 7.17. The van der Waals surface area contributed by atoms with E-state index in [0.717, 1.165) is 47.0 Å². The van der Waals surface area contributed by atoms with Crippen LogP contribution in [0.1, 0.15) is 45.0 Å². The summed E-state index contributed by atoms with van der Waals surface area (Å²) < 4.78 is 1.59. The molecule has 0 saturated heterocycles. The zero-order valence-corrected chi connectivity index (χ0v) is 19.5. The zero-order chi connectivity index (χ0) is 22.9. The summed E-state index contributed by atoms with van der Waals surface area (Å²) in [6, 6.07) is 14.1. The van der Waals surface area contributed by atoms with Crippen LogP contribution in [0.25, 0.3) is 15.9 Å². The quantitative estimate of drug-likeness (QED) is 0.330. The Labute approximate surface area is 199 Å². The number of nitrogens with zero attached hydrogens (tertiary/aromatic N) is 3. The lowest BCUT2D eigenvalue weighted by Crippen LogP contribution is -2.23. The second-order valence-corrected chi connectivity index (χ2v) is 9.52. The average molecular weight is 477 g/mol. The van der Waals surface area contributed by atoms with E-state index in [1.54, 1.807) is 46.2 Å². The Kier molecular flexibility index (Phi) is 5.83. The van der Waals surface area contributed by atoms with Gasteiger partial charge in [-0.2, -0.15) is 5.10 Å². The number of thiophene rings is 1. The van der Waals surface area contributed by atoms with Gasteiger partial charge in [0.2, 0.25) is 0 Å². The fourth-order valence-electron chi connectivity index (χ4n) is 4.21. The lowest BCUT2D eigenvalue weighted by molar-refractivity contribution is 0.0955. The number of hydrogen-bond donors (Lipinski definition) is 1. The minimum absolute atomic E-state index is 0.0755. The van der Waals surface area contributed by atoms with E-state index in [0.29, 0.717) is 22.1 Å². The van der Waals surface area contributed by atoms with Crippen molar-refractivity contribution < 1.29 is 4.79 Å². The van der Waals surface area contributed by atoms with Crippen LogP contribution < -0.4 is 11.0 Å². The fraction of sp³-hybridized carbons (Fsp3) is 0.200. The molecule has 0 aliphatic heterocycles. The van der Waals surface area contributed by atoms with Gasteiger partial charge in [0.05, 0.1) is 17.3 Å². The Morgan fingerprint density at radius 1 is 1.18 bits per heavy atom. The molecule has 2 heterocycles. The van der Waals surface area contributed by atoms with Gasteiger partial charge < -0.3 is 0 Å². The number of nitrogens with one attached hydrogen (secondary N) is 1. The van der Waals surface area contributed by atoms with Crippen molar-refractivity contribution in [2.75, 3.05) is 0 Å². The van der Waals surface area contributed by atoms with Crippen LogP contribution in [0.5, 0.6) is 0 Å². The van der Waals surface area contributed by atoms with Crippen molar-refractivity contribution in [1.29, 1.82) is 0 Å². The summed E-state index contributed by atoms with van der Waals surface area (Å²) in [7, 11) is 0. The minimum Gasteiger partial charge on any atom is -0.268 e. The highest BCUT2D eigenvalue weighted by Crippen LogP contribution is 2.34. The van der Waals surface area contributed by atoms with Crippen LogP contribution in [0.4, 0.5) is 0 Å². The Morgan fingerprint density at radius 2 is 2.00 bits per heavy atom. The number of aromatic nitrogens is 2. The van der Waals surface area contributed by atoms with Crippen LogP contribution in [0.2, 0.25) is 5.02 Å². The summed E-state index contributed by atoms with van der Waals surface area (Å²) in [5.74, 6) is 0.227. The summed E-state index contributed by atoms with van der Waals surface area (Å²) in [5.41, 5.74) is 5.38. The molecule has 1 aliphatic rings. The van der Waals surface area contributed by atoms with Crippen molar-refractivity contribution in [3.8, 4) is 5.69 Å². The Balaban J connectivity index is 1.46. The van der Waals surface area contributed by atoms with Crippen molar-refractivity contribution in [2.45, 2.75) is 32.6 Å². The van der Waals surface area contributed by atoms with E-state index in [1.165, 1.54) is 11.1 Å². The van der Waals surface area contributed by atoms with E-state index in [4.69, 9.17) is 16.6 Å². The van der Waals surface area contributed by atoms with Crippen LogP contribution >= 0.6 is 22.9 Å². The summed E-state index contributed by atoms with van der Waals surface area (Å²) in [5, 5.41) is 5.33. The molecule has 1 amide bonds. The number of halogens is 1. The van der Waals surface area contributed by atoms with Gasteiger partial charge in [-0.3, -0.25) is 14.2 Å². The highest BCUT2D eigenvalue weighted by atomic mass is 35.5. The fourth-order valence-corrected chi connectivity index (χ4v) is 5.71. The van der Waals surface area contributed by atoms with Crippen LogP contribution in [-0.4, -0.2) is 21.7 Å². The van der Waals surface area contributed by atoms with E-state index >= 15 is 0 Å². The molecule has 6 nitrogen and oxygen atoms in total. The average Bonchev–Trinajstić information content (AvgIpc) is 3.17. The first-order chi connectivity index (χ1) is 16.0. The summed E-state index contributed by atoms with van der Waals surface area (Å²) in [6.45, 7) is 1.82. The van der Waals surface area contributed by atoms with Gasteiger partial charge in [0.15, 0.2) is 0 Å². The molecule has 0 fully saturated rings. The Morgan fingerprint density at radius 3 is 2.85 bits per heavy atom. The number of benzene rings is 2. The maximum atomic E-state index is 13.5. The molecule has 0 saturated carbocycles. The van der Waals surface area contributed by atoms with Crippen molar-refractivity contribution in [3.63, 3.8) is 0 Å². The first-order valence-electron chi connectivity index (χ1n) is 10.7. The molecule has 1 N–H and O–H groups in total. The summed E-state index contributed by atoms with van der Waals surface area (Å²) in [6.07, 6.45) is 5.71. The molecule has 5 rings (SSSR count). The second kappa shape index (κ2) is 8.92. The van der Waals surface area contributed by atoms with E-state index < -0.39 is 0 Å². The van der Waals surface area contributed by atoms with E-state index in [9.17, 15) is 9.59 Å². The lowest BCUT2D eigenvalue weighted by Gasteiger charge is -2.12. The number of fused-ring (bicyclic) bond motifs is 3. The van der Waals surface area contributed by atoms with Crippen LogP contribution in [0.15, 0.2) is 58.4 Å². The maximum absolute atomic E-state index is 13.5. The Hall–Kier alpha value is -3.29. The van der Waals surface area contributed by atoms with Gasteiger partial charge >= 0.3 is 0 Å². The first-order valence-corrected chi connectivity index (χ1v) is 11.9. The van der Waals surface area contributed by atoms with Crippen LogP contribution in [0, 0.1) is 6.92 Å². The van der Waals surface area contributed by atoms with Gasteiger partial charge in [-0.1, -0.05) is 29.8 Å². The topological polar surface area (TPSA) is 76.3 Å². The Bertz CT molecular complexity index is 1470. The molecule has 0 radical (unpaired) electrons. The third kappa shape index (κ3) is 4.21. The molecule has 1 aliphatic carbocycles. The number of carbonyl (C=O) groups excluding carboxylic acids is 1. The zero-order valence-electron chi connectivity index (χ0n) is 18.0. The maximum Gasteiger partial charge on any atom is 0.271 e. The van der Waals surface area contributed by atoms with Crippen molar-refractivity contribution in [3.05, 3.63) is 91.3 Å². The lowest BCUT2D eigenvalue weighted by atomic mass is 9.97. The van der Waals surface area contributed by atoms with Crippen molar-refractivity contribution in [1.82, 2.24) is 15.0 Å².